The minimum Gasteiger partial charge on any atom is -0.493 e. The molecule has 2 N–H and O–H groups in total. The van der Waals surface area contributed by atoms with Gasteiger partial charge in [-0.05, 0) is 42.7 Å². The highest BCUT2D eigenvalue weighted by Crippen LogP contribution is 2.28. The fourth-order valence-corrected chi connectivity index (χ4v) is 2.63. The Balaban J connectivity index is 1.99. The van der Waals surface area contributed by atoms with Crippen LogP contribution in [0.3, 0.4) is 0 Å². The number of benzene rings is 2. The number of nitrogens with one attached hydrogen (secondary N) is 2. The second kappa shape index (κ2) is 10.2. The summed E-state index contributed by atoms with van der Waals surface area (Å²) in [5, 5.41) is 5.66. The zero-order chi connectivity index (χ0) is 19.6. The van der Waals surface area contributed by atoms with Crippen LogP contribution in [0.25, 0.3) is 0 Å². The molecule has 144 valence electrons. The molecule has 0 bridgehead atoms. The van der Waals surface area contributed by atoms with Crippen LogP contribution in [-0.2, 0) is 11.2 Å². The monoisotopic (exact) mass is 370 g/mol. The number of hydrogen-bond donors (Lipinski definition) is 2. The molecule has 0 aliphatic heterocycles. The molecule has 0 heterocycles. The third-order valence-corrected chi connectivity index (χ3v) is 4.07. The molecular formula is C21H26N2O4. The van der Waals surface area contributed by atoms with E-state index in [1.54, 1.807) is 38.5 Å². The Morgan fingerprint density at radius 2 is 1.74 bits per heavy atom. The van der Waals surface area contributed by atoms with E-state index in [9.17, 15) is 9.59 Å². The van der Waals surface area contributed by atoms with Crippen LogP contribution < -0.4 is 20.1 Å². The molecule has 2 aromatic carbocycles. The first-order valence-corrected chi connectivity index (χ1v) is 8.97. The lowest BCUT2D eigenvalue weighted by Gasteiger charge is -2.12. The molecule has 0 radical (unpaired) electrons. The minimum atomic E-state index is -0.187. The lowest BCUT2D eigenvalue weighted by atomic mass is 10.1. The van der Waals surface area contributed by atoms with Gasteiger partial charge in [-0.25, -0.2) is 0 Å². The van der Waals surface area contributed by atoms with Gasteiger partial charge >= 0.3 is 0 Å². The summed E-state index contributed by atoms with van der Waals surface area (Å²) in [6, 6.07) is 12.6. The molecule has 2 aromatic rings. The number of ether oxygens (including phenoxy) is 2. The van der Waals surface area contributed by atoms with E-state index in [-0.39, 0.29) is 11.8 Å². The fraction of sp³-hybridized carbons (Fsp3) is 0.333. The van der Waals surface area contributed by atoms with Crippen molar-refractivity contribution >= 4 is 17.5 Å². The second-order valence-electron chi connectivity index (χ2n) is 6.04. The van der Waals surface area contributed by atoms with Crippen LogP contribution in [0.5, 0.6) is 11.5 Å². The highest BCUT2D eigenvalue weighted by Gasteiger charge is 2.13. The second-order valence-corrected chi connectivity index (χ2v) is 6.04. The summed E-state index contributed by atoms with van der Waals surface area (Å²) in [6.45, 7) is 2.59. The molecule has 2 amide bonds. The predicted octanol–water partition coefficient (Wildman–Crippen LogP) is 3.41. The van der Waals surface area contributed by atoms with Crippen molar-refractivity contribution in [3.63, 3.8) is 0 Å². The first-order chi connectivity index (χ1) is 13.1. The summed E-state index contributed by atoms with van der Waals surface area (Å²) in [6.07, 6.45) is 1.70. The maximum atomic E-state index is 12.4. The van der Waals surface area contributed by atoms with Gasteiger partial charge in [0.05, 0.1) is 25.5 Å². The number of para-hydroxylation sites is 1. The summed E-state index contributed by atoms with van der Waals surface area (Å²) in [5.41, 5.74) is 1.95. The Morgan fingerprint density at radius 1 is 1.00 bits per heavy atom. The van der Waals surface area contributed by atoms with E-state index in [4.69, 9.17) is 9.47 Å². The summed E-state index contributed by atoms with van der Waals surface area (Å²) in [7, 11) is 3.16. The van der Waals surface area contributed by atoms with Crippen molar-refractivity contribution in [3.05, 3.63) is 53.6 Å². The van der Waals surface area contributed by atoms with Gasteiger partial charge in [0.25, 0.3) is 5.91 Å². The van der Waals surface area contributed by atoms with E-state index in [1.807, 2.05) is 25.1 Å². The Hall–Kier alpha value is -3.02. The number of carbonyl (C=O) groups is 2. The third kappa shape index (κ3) is 5.74. The quantitative estimate of drug-likeness (QED) is 0.709. The number of carbonyl (C=O) groups excluding carboxylic acids is 2. The fourth-order valence-electron chi connectivity index (χ4n) is 2.63. The normalized spacial score (nSPS) is 10.2. The molecular weight excluding hydrogens is 344 g/mol. The van der Waals surface area contributed by atoms with E-state index < -0.39 is 0 Å². The molecule has 0 saturated carbocycles. The number of methoxy groups -OCH3 is 2. The van der Waals surface area contributed by atoms with Crippen LogP contribution in [0.1, 0.15) is 35.7 Å². The Kier molecular flexibility index (Phi) is 7.67. The molecule has 6 nitrogen and oxygen atoms in total. The van der Waals surface area contributed by atoms with Crippen LogP contribution >= 0.6 is 0 Å². The molecule has 0 aromatic heterocycles. The number of hydrogen-bond acceptors (Lipinski definition) is 4. The summed E-state index contributed by atoms with van der Waals surface area (Å²) >= 11 is 0. The van der Waals surface area contributed by atoms with Crippen LogP contribution in [0.2, 0.25) is 0 Å². The van der Waals surface area contributed by atoms with Gasteiger partial charge in [-0.1, -0.05) is 25.1 Å². The predicted molar refractivity (Wildman–Crippen MR) is 106 cm³/mol. The molecule has 0 unspecified atom stereocenters. The van der Waals surface area contributed by atoms with Gasteiger partial charge < -0.3 is 20.1 Å². The first-order valence-electron chi connectivity index (χ1n) is 8.97. The lowest BCUT2D eigenvalue weighted by molar-refractivity contribution is -0.116. The zero-order valence-corrected chi connectivity index (χ0v) is 16.0. The smallest absolute Gasteiger partial charge is 0.253 e. The molecule has 27 heavy (non-hydrogen) atoms. The van der Waals surface area contributed by atoms with Crippen LogP contribution in [0, 0.1) is 0 Å². The minimum absolute atomic E-state index is 0.152. The Labute approximate surface area is 159 Å². The van der Waals surface area contributed by atoms with Crippen molar-refractivity contribution in [2.75, 3.05) is 26.1 Å². The maximum absolute atomic E-state index is 12.4. The van der Waals surface area contributed by atoms with Gasteiger partial charge in [0, 0.05) is 13.0 Å². The number of aryl methyl sites for hydroxylation is 1. The van der Waals surface area contributed by atoms with E-state index in [1.165, 1.54) is 0 Å². The first kappa shape index (κ1) is 20.3. The van der Waals surface area contributed by atoms with Gasteiger partial charge in [0.1, 0.15) is 0 Å². The van der Waals surface area contributed by atoms with Gasteiger partial charge in [0.2, 0.25) is 5.91 Å². The Bertz CT molecular complexity index is 790. The molecule has 0 fully saturated rings. The third-order valence-electron chi connectivity index (χ3n) is 4.07. The van der Waals surface area contributed by atoms with Gasteiger partial charge in [-0.2, -0.15) is 0 Å². The molecule has 0 spiro atoms. The summed E-state index contributed by atoms with van der Waals surface area (Å²) in [5.74, 6) is 0.944. The van der Waals surface area contributed by atoms with E-state index in [0.717, 1.165) is 12.0 Å². The largest absolute Gasteiger partial charge is 0.493 e. The molecule has 0 saturated heterocycles. The highest BCUT2D eigenvalue weighted by atomic mass is 16.5. The zero-order valence-electron chi connectivity index (χ0n) is 16.0. The lowest BCUT2D eigenvalue weighted by Crippen LogP contribution is -2.25. The molecule has 0 aliphatic rings. The van der Waals surface area contributed by atoms with E-state index in [2.05, 4.69) is 10.6 Å². The average molecular weight is 370 g/mol. The van der Waals surface area contributed by atoms with Crippen molar-refractivity contribution in [2.45, 2.75) is 26.2 Å². The van der Waals surface area contributed by atoms with Crippen LogP contribution in [-0.4, -0.2) is 32.6 Å². The van der Waals surface area contributed by atoms with Crippen molar-refractivity contribution in [1.29, 1.82) is 0 Å². The molecule has 0 aliphatic carbocycles. The van der Waals surface area contributed by atoms with Crippen molar-refractivity contribution in [1.82, 2.24) is 5.32 Å². The van der Waals surface area contributed by atoms with Crippen molar-refractivity contribution in [3.8, 4) is 11.5 Å². The molecule has 2 rings (SSSR count). The average Bonchev–Trinajstić information content (AvgIpc) is 2.70. The van der Waals surface area contributed by atoms with Gasteiger partial charge in [-0.3, -0.25) is 9.59 Å². The molecule has 0 atom stereocenters. The summed E-state index contributed by atoms with van der Waals surface area (Å²) in [4.78, 5) is 24.6. The van der Waals surface area contributed by atoms with Crippen molar-refractivity contribution in [2.24, 2.45) is 0 Å². The summed E-state index contributed by atoms with van der Waals surface area (Å²) < 4.78 is 10.5. The standard InChI is InChI=1S/C21H26N2O4/c1-4-13-22-21(25)16-7-5-6-8-17(16)23-20(24)12-10-15-9-11-18(26-2)19(14-15)27-3/h5-9,11,14H,4,10,12-13H2,1-3H3,(H,22,25)(H,23,24). The SMILES string of the molecule is CCCNC(=O)c1ccccc1NC(=O)CCc1ccc(OC)c(OC)c1. The van der Waals surface area contributed by atoms with Crippen LogP contribution in [0.4, 0.5) is 5.69 Å². The Morgan fingerprint density at radius 3 is 2.44 bits per heavy atom. The van der Waals surface area contributed by atoms with E-state index in [0.29, 0.717) is 42.1 Å². The van der Waals surface area contributed by atoms with Crippen LogP contribution in [0.15, 0.2) is 42.5 Å². The number of rotatable bonds is 9. The van der Waals surface area contributed by atoms with Gasteiger partial charge in [-0.15, -0.1) is 0 Å². The van der Waals surface area contributed by atoms with Crippen molar-refractivity contribution < 1.29 is 19.1 Å². The number of anilines is 1. The number of amides is 2. The van der Waals surface area contributed by atoms with E-state index >= 15 is 0 Å². The van der Waals surface area contributed by atoms with Gasteiger partial charge in [0.15, 0.2) is 11.5 Å². The topological polar surface area (TPSA) is 76.7 Å². The highest BCUT2D eigenvalue weighted by molar-refractivity contribution is 6.03. The molecule has 6 heteroatoms. The maximum Gasteiger partial charge on any atom is 0.253 e.